The number of halogens is 1. The summed E-state index contributed by atoms with van der Waals surface area (Å²) >= 11 is 1.40. The van der Waals surface area contributed by atoms with E-state index in [0.29, 0.717) is 34.2 Å². The molecule has 0 aliphatic heterocycles. The van der Waals surface area contributed by atoms with E-state index >= 15 is 0 Å². The number of thiazole rings is 1. The highest BCUT2D eigenvalue weighted by Crippen LogP contribution is 2.25. The molecule has 0 atom stereocenters. The average molecular weight is 453 g/mol. The minimum Gasteiger partial charge on any atom is -0.495 e. The first kappa shape index (κ1) is 21.4. The molecule has 0 aliphatic carbocycles. The predicted octanol–water partition coefficient (Wildman–Crippen LogP) is 3.21. The number of hydrogen-bond acceptors (Lipinski definition) is 6. The number of carbonyl (C=O) groups is 2. The molecular formula is C22H20FN5O3S. The number of benzene rings is 2. The van der Waals surface area contributed by atoms with Crippen molar-refractivity contribution in [3.8, 4) is 17.1 Å². The Hall–Kier alpha value is -3.79. The quantitative estimate of drug-likeness (QED) is 0.437. The Morgan fingerprint density at radius 3 is 2.81 bits per heavy atom. The molecule has 2 N–H and O–H groups in total. The van der Waals surface area contributed by atoms with Crippen LogP contribution in [0.4, 0.5) is 10.1 Å². The number of carbonyl (C=O) groups excluding carboxylic acids is 2. The fourth-order valence-electron chi connectivity index (χ4n) is 3.13. The Bertz CT molecular complexity index is 1300. The molecule has 32 heavy (non-hydrogen) atoms. The van der Waals surface area contributed by atoms with Gasteiger partial charge in [0.25, 0.3) is 0 Å². The number of aromatic nitrogens is 3. The lowest BCUT2D eigenvalue weighted by atomic mass is 10.2. The number of nitrogens with zero attached hydrogens (tertiary/aromatic N) is 3. The molecule has 164 valence electrons. The van der Waals surface area contributed by atoms with Crippen LogP contribution >= 0.6 is 11.3 Å². The van der Waals surface area contributed by atoms with Gasteiger partial charge in [-0.2, -0.15) is 4.98 Å². The summed E-state index contributed by atoms with van der Waals surface area (Å²) < 4.78 is 20.4. The van der Waals surface area contributed by atoms with Crippen molar-refractivity contribution in [2.24, 2.45) is 0 Å². The normalized spacial score (nSPS) is 10.8. The third kappa shape index (κ3) is 4.59. The highest BCUT2D eigenvalue weighted by Gasteiger charge is 2.17. The van der Waals surface area contributed by atoms with Crippen LogP contribution in [0.25, 0.3) is 16.3 Å². The smallest absolute Gasteiger partial charge is 0.313 e. The first-order valence-corrected chi connectivity index (χ1v) is 10.7. The van der Waals surface area contributed by atoms with Crippen molar-refractivity contribution in [2.45, 2.75) is 13.3 Å². The molecule has 0 saturated heterocycles. The second-order valence-electron chi connectivity index (χ2n) is 7.03. The van der Waals surface area contributed by atoms with Crippen molar-refractivity contribution in [1.29, 1.82) is 0 Å². The van der Waals surface area contributed by atoms with Crippen LogP contribution in [0.3, 0.4) is 0 Å². The summed E-state index contributed by atoms with van der Waals surface area (Å²) in [4.78, 5) is 29.6. The van der Waals surface area contributed by atoms with E-state index in [2.05, 4.69) is 20.7 Å². The molecule has 10 heteroatoms. The largest absolute Gasteiger partial charge is 0.495 e. The predicted molar refractivity (Wildman–Crippen MR) is 119 cm³/mol. The van der Waals surface area contributed by atoms with Crippen molar-refractivity contribution in [3.05, 3.63) is 64.9 Å². The number of fused-ring (bicyclic) bond motifs is 1. The third-order valence-electron chi connectivity index (χ3n) is 4.71. The van der Waals surface area contributed by atoms with Gasteiger partial charge in [-0.25, -0.2) is 8.91 Å². The number of nitrogens with one attached hydrogen (secondary N) is 2. The molecule has 2 heterocycles. The number of anilines is 1. The van der Waals surface area contributed by atoms with Crippen molar-refractivity contribution in [2.75, 3.05) is 19.0 Å². The molecule has 0 saturated carbocycles. The molecule has 0 aliphatic rings. The summed E-state index contributed by atoms with van der Waals surface area (Å²) in [6, 6.07) is 11.4. The molecule has 0 fully saturated rings. The Morgan fingerprint density at radius 2 is 2.03 bits per heavy atom. The Labute approximate surface area is 187 Å². The van der Waals surface area contributed by atoms with Gasteiger partial charge < -0.3 is 15.4 Å². The van der Waals surface area contributed by atoms with E-state index in [1.54, 1.807) is 28.8 Å². The van der Waals surface area contributed by atoms with Crippen molar-refractivity contribution in [3.63, 3.8) is 0 Å². The summed E-state index contributed by atoms with van der Waals surface area (Å²) in [5.41, 5.74) is 2.76. The summed E-state index contributed by atoms with van der Waals surface area (Å²) in [6.45, 7) is 2.11. The van der Waals surface area contributed by atoms with Gasteiger partial charge in [-0.1, -0.05) is 18.2 Å². The van der Waals surface area contributed by atoms with Gasteiger partial charge in [-0.3, -0.25) is 9.59 Å². The highest BCUT2D eigenvalue weighted by molar-refractivity contribution is 7.15. The molecular weight excluding hydrogens is 433 g/mol. The second-order valence-corrected chi connectivity index (χ2v) is 7.87. The number of hydrogen-bond donors (Lipinski definition) is 2. The third-order valence-corrected chi connectivity index (χ3v) is 5.57. The Morgan fingerprint density at radius 1 is 1.19 bits per heavy atom. The molecule has 0 unspecified atom stereocenters. The van der Waals surface area contributed by atoms with Gasteiger partial charge in [-0.15, -0.1) is 16.4 Å². The monoisotopic (exact) mass is 453 g/mol. The van der Waals surface area contributed by atoms with Crippen LogP contribution in [0.15, 0.2) is 47.8 Å². The molecule has 0 bridgehead atoms. The number of aryl methyl sites for hydroxylation is 1. The van der Waals surface area contributed by atoms with Crippen LogP contribution in [-0.4, -0.2) is 40.1 Å². The fraction of sp³-hybridized carbons (Fsp3) is 0.182. The molecule has 8 nitrogen and oxygen atoms in total. The van der Waals surface area contributed by atoms with E-state index < -0.39 is 11.8 Å². The van der Waals surface area contributed by atoms with Crippen LogP contribution in [-0.2, 0) is 16.0 Å². The number of amides is 2. The van der Waals surface area contributed by atoms with E-state index in [4.69, 9.17) is 4.74 Å². The minimum atomic E-state index is -0.779. The maximum Gasteiger partial charge on any atom is 0.313 e. The lowest BCUT2D eigenvalue weighted by molar-refractivity contribution is -0.136. The topological polar surface area (TPSA) is 97.6 Å². The molecule has 2 aromatic carbocycles. The van der Waals surface area contributed by atoms with E-state index in [0.717, 1.165) is 11.3 Å². The Balaban J connectivity index is 1.37. The van der Waals surface area contributed by atoms with Crippen LogP contribution in [0.2, 0.25) is 0 Å². The number of ether oxygens (including phenoxy) is 1. The zero-order valence-electron chi connectivity index (χ0n) is 17.4. The van der Waals surface area contributed by atoms with Crippen LogP contribution in [0.1, 0.15) is 11.3 Å². The van der Waals surface area contributed by atoms with Gasteiger partial charge in [0.1, 0.15) is 11.6 Å². The van der Waals surface area contributed by atoms with E-state index in [1.165, 1.54) is 30.6 Å². The van der Waals surface area contributed by atoms with E-state index in [1.807, 2.05) is 18.4 Å². The van der Waals surface area contributed by atoms with Crippen LogP contribution in [0.5, 0.6) is 5.75 Å². The number of methoxy groups -OCH3 is 1. The molecule has 0 spiro atoms. The van der Waals surface area contributed by atoms with Gasteiger partial charge >= 0.3 is 11.8 Å². The summed E-state index contributed by atoms with van der Waals surface area (Å²) in [7, 11) is 1.49. The molecule has 2 amide bonds. The minimum absolute atomic E-state index is 0.234. The second kappa shape index (κ2) is 9.15. The summed E-state index contributed by atoms with van der Waals surface area (Å²) in [6.07, 6.45) is 0.443. The maximum atomic E-state index is 13.5. The zero-order chi connectivity index (χ0) is 22.7. The maximum absolute atomic E-state index is 13.5. The molecule has 4 aromatic rings. The summed E-state index contributed by atoms with van der Waals surface area (Å²) in [5.74, 6) is -0.992. The molecule has 2 aromatic heterocycles. The van der Waals surface area contributed by atoms with E-state index in [-0.39, 0.29) is 12.4 Å². The Kier molecular flexibility index (Phi) is 6.13. The zero-order valence-corrected chi connectivity index (χ0v) is 18.2. The van der Waals surface area contributed by atoms with Gasteiger partial charge in [-0.05, 0) is 36.8 Å². The molecule has 0 radical (unpaired) electrons. The highest BCUT2D eigenvalue weighted by atomic mass is 32.1. The fourth-order valence-corrected chi connectivity index (χ4v) is 3.99. The van der Waals surface area contributed by atoms with Crippen LogP contribution in [0, 0.1) is 12.7 Å². The van der Waals surface area contributed by atoms with Gasteiger partial charge in [0, 0.05) is 23.9 Å². The van der Waals surface area contributed by atoms with Crippen molar-refractivity contribution in [1.82, 2.24) is 19.9 Å². The molecule has 4 rings (SSSR count). The van der Waals surface area contributed by atoms with Gasteiger partial charge in [0.15, 0.2) is 5.82 Å². The van der Waals surface area contributed by atoms with Crippen molar-refractivity contribution < 1.29 is 18.7 Å². The van der Waals surface area contributed by atoms with Gasteiger partial charge in [0.05, 0.1) is 18.5 Å². The lowest BCUT2D eigenvalue weighted by Gasteiger charge is -2.11. The number of rotatable bonds is 6. The van der Waals surface area contributed by atoms with Crippen molar-refractivity contribution >= 4 is 33.8 Å². The average Bonchev–Trinajstić information content (AvgIpc) is 3.35. The summed E-state index contributed by atoms with van der Waals surface area (Å²) in [5, 5.41) is 11.5. The van der Waals surface area contributed by atoms with Crippen LogP contribution < -0.4 is 15.4 Å². The van der Waals surface area contributed by atoms with E-state index in [9.17, 15) is 14.0 Å². The van der Waals surface area contributed by atoms with Gasteiger partial charge in [0.2, 0.25) is 4.96 Å². The lowest BCUT2D eigenvalue weighted by Crippen LogP contribution is -2.36. The SMILES string of the molecule is COc1ccc(C)cc1NC(=O)C(=O)NCCc1csc2nc(-c3cccc(F)c3)nn12. The first-order valence-electron chi connectivity index (χ1n) is 9.77. The first-order chi connectivity index (χ1) is 15.4. The standard InChI is InChI=1S/C22H20FN5O3S/c1-13-6-7-18(31-2)17(10-13)25-21(30)20(29)24-9-8-16-12-32-22-26-19(27-28(16)22)14-4-3-5-15(23)11-14/h3-7,10-12H,8-9H2,1-2H3,(H,24,29)(H,25,30).